The molecule has 168 valence electrons. The minimum Gasteiger partial charge on any atom is -0.381 e. The third-order valence-electron chi connectivity index (χ3n) is 5.38. The Hall–Kier alpha value is -2.68. The maximum atomic E-state index is 12.6. The van der Waals surface area contributed by atoms with Crippen molar-refractivity contribution in [2.24, 2.45) is 4.40 Å². The molecular formula is C23H26ClN5O2S. The number of aromatic nitrogens is 1. The Kier molecular flexibility index (Phi) is 6.64. The molecular weight excluding hydrogens is 446 g/mol. The van der Waals surface area contributed by atoms with Gasteiger partial charge in [0.1, 0.15) is 11.2 Å². The van der Waals surface area contributed by atoms with Gasteiger partial charge in [-0.1, -0.05) is 23.7 Å². The summed E-state index contributed by atoms with van der Waals surface area (Å²) in [6.07, 6.45) is 5.94. The van der Waals surface area contributed by atoms with E-state index in [1.54, 1.807) is 37.3 Å². The van der Waals surface area contributed by atoms with Gasteiger partial charge in [0, 0.05) is 63.2 Å². The number of fused-ring (bicyclic) bond motifs is 1. The summed E-state index contributed by atoms with van der Waals surface area (Å²) in [5.41, 5.74) is 1.99. The number of pyridine rings is 1. The first-order valence-electron chi connectivity index (χ1n) is 10.4. The Morgan fingerprint density at radius 2 is 2.06 bits per heavy atom. The summed E-state index contributed by atoms with van der Waals surface area (Å²) in [6.45, 7) is 2.45. The molecule has 1 aliphatic rings. The SMILES string of the molecule is CN(C)/C=N/S(=O)(=O)c1cc(CN2CC[C@@H](Nc3ccc4cnccc4c3)C2)ccc1Cl. The molecule has 2 heterocycles. The van der Waals surface area contributed by atoms with E-state index in [1.807, 2.05) is 18.3 Å². The number of hydrogen-bond acceptors (Lipinski definition) is 5. The summed E-state index contributed by atoms with van der Waals surface area (Å²) in [5, 5.41) is 6.07. The minimum atomic E-state index is -3.85. The molecule has 0 unspecified atom stereocenters. The lowest BCUT2D eigenvalue weighted by Gasteiger charge is -2.18. The highest BCUT2D eigenvalue weighted by molar-refractivity contribution is 7.90. The average Bonchev–Trinajstić information content (AvgIpc) is 3.20. The minimum absolute atomic E-state index is 0.0364. The van der Waals surface area contributed by atoms with E-state index in [0.29, 0.717) is 12.6 Å². The number of anilines is 1. The second-order valence-electron chi connectivity index (χ2n) is 8.23. The molecule has 0 amide bonds. The quantitative estimate of drug-likeness (QED) is 0.416. The molecule has 0 spiro atoms. The Morgan fingerprint density at radius 3 is 2.88 bits per heavy atom. The molecule has 1 aromatic heterocycles. The molecule has 4 rings (SSSR count). The first-order chi connectivity index (χ1) is 15.3. The summed E-state index contributed by atoms with van der Waals surface area (Å²) in [7, 11) is -0.426. The Balaban J connectivity index is 1.42. The van der Waals surface area contributed by atoms with Gasteiger partial charge in [-0.2, -0.15) is 8.42 Å². The zero-order valence-corrected chi connectivity index (χ0v) is 19.6. The molecule has 0 aliphatic carbocycles. The van der Waals surface area contributed by atoms with Crippen LogP contribution in [0.5, 0.6) is 0 Å². The van der Waals surface area contributed by atoms with E-state index < -0.39 is 10.0 Å². The largest absolute Gasteiger partial charge is 0.381 e. The highest BCUT2D eigenvalue weighted by atomic mass is 35.5. The number of nitrogens with one attached hydrogen (secondary N) is 1. The Bertz CT molecular complexity index is 1250. The van der Waals surface area contributed by atoms with Crippen LogP contribution in [0, 0.1) is 0 Å². The van der Waals surface area contributed by atoms with Gasteiger partial charge in [-0.15, -0.1) is 4.40 Å². The number of sulfonamides is 1. The molecule has 7 nitrogen and oxygen atoms in total. The van der Waals surface area contributed by atoms with Crippen molar-refractivity contribution in [1.82, 2.24) is 14.8 Å². The summed E-state index contributed by atoms with van der Waals surface area (Å²) >= 11 is 6.17. The lowest BCUT2D eigenvalue weighted by Crippen LogP contribution is -2.26. The first-order valence-corrected chi connectivity index (χ1v) is 12.2. The molecule has 1 atom stereocenters. The highest BCUT2D eigenvalue weighted by Gasteiger charge is 2.24. The molecule has 1 N–H and O–H groups in total. The van der Waals surface area contributed by atoms with Crippen molar-refractivity contribution in [3.8, 4) is 0 Å². The summed E-state index contributed by atoms with van der Waals surface area (Å²) in [5.74, 6) is 0. The standard InChI is InChI=1S/C23H26ClN5O2S/c1-28(2)16-26-32(30,31)23-11-17(3-6-22(23)24)14-29-10-8-21(15-29)27-20-5-4-19-13-25-9-7-18(19)12-20/h3-7,9,11-13,16,21,27H,8,10,14-15H2,1-2H3/b26-16+/t21-/m1/s1. The zero-order valence-electron chi connectivity index (χ0n) is 18.1. The predicted octanol–water partition coefficient (Wildman–Crippen LogP) is 3.85. The molecule has 9 heteroatoms. The fourth-order valence-electron chi connectivity index (χ4n) is 3.82. The zero-order chi connectivity index (χ0) is 22.7. The smallest absolute Gasteiger partial charge is 0.285 e. The fourth-order valence-corrected chi connectivity index (χ4v) is 5.27. The predicted molar refractivity (Wildman–Crippen MR) is 130 cm³/mol. The lowest BCUT2D eigenvalue weighted by atomic mass is 10.1. The molecule has 0 radical (unpaired) electrons. The number of benzene rings is 2. The van der Waals surface area contributed by atoms with E-state index in [0.717, 1.165) is 41.5 Å². The van der Waals surface area contributed by atoms with Gasteiger partial charge in [0.15, 0.2) is 0 Å². The van der Waals surface area contributed by atoms with Gasteiger partial charge in [0.2, 0.25) is 0 Å². The number of halogens is 1. The van der Waals surface area contributed by atoms with Crippen LogP contribution in [-0.2, 0) is 16.6 Å². The lowest BCUT2D eigenvalue weighted by molar-refractivity contribution is 0.328. The molecule has 32 heavy (non-hydrogen) atoms. The second kappa shape index (κ2) is 9.44. The first kappa shape index (κ1) is 22.5. The van der Waals surface area contributed by atoms with Gasteiger partial charge in [0.25, 0.3) is 10.0 Å². The third-order valence-corrected chi connectivity index (χ3v) is 7.09. The average molecular weight is 472 g/mol. The summed E-state index contributed by atoms with van der Waals surface area (Å²) in [4.78, 5) is 8.07. The van der Waals surface area contributed by atoms with E-state index in [1.165, 1.54) is 6.34 Å². The van der Waals surface area contributed by atoms with E-state index in [-0.39, 0.29) is 9.92 Å². The molecule has 3 aromatic rings. The van der Waals surface area contributed by atoms with Gasteiger partial charge < -0.3 is 10.2 Å². The third kappa shape index (κ3) is 5.38. The monoisotopic (exact) mass is 471 g/mol. The van der Waals surface area contributed by atoms with Crippen molar-refractivity contribution in [2.75, 3.05) is 32.5 Å². The fraction of sp³-hybridized carbons (Fsp3) is 0.304. The number of rotatable bonds is 7. The van der Waals surface area contributed by atoms with Crippen LogP contribution in [0.4, 0.5) is 5.69 Å². The topological polar surface area (TPSA) is 77.9 Å². The van der Waals surface area contributed by atoms with Crippen molar-refractivity contribution in [3.05, 3.63) is 65.4 Å². The van der Waals surface area contributed by atoms with Crippen molar-refractivity contribution < 1.29 is 8.42 Å². The van der Waals surface area contributed by atoms with Crippen molar-refractivity contribution in [1.29, 1.82) is 0 Å². The second-order valence-corrected chi connectivity index (χ2v) is 10.2. The molecule has 1 aliphatic heterocycles. The van der Waals surface area contributed by atoms with E-state index in [4.69, 9.17) is 11.6 Å². The van der Waals surface area contributed by atoms with Gasteiger partial charge >= 0.3 is 0 Å². The molecule has 0 bridgehead atoms. The van der Waals surface area contributed by atoms with Crippen LogP contribution < -0.4 is 5.32 Å². The maximum absolute atomic E-state index is 12.6. The molecule has 1 fully saturated rings. The van der Waals surface area contributed by atoms with Crippen LogP contribution in [0.15, 0.2) is 64.2 Å². The van der Waals surface area contributed by atoms with Crippen LogP contribution in [-0.4, -0.2) is 62.8 Å². The highest BCUT2D eigenvalue weighted by Crippen LogP contribution is 2.26. The van der Waals surface area contributed by atoms with Crippen LogP contribution >= 0.6 is 11.6 Å². The van der Waals surface area contributed by atoms with Gasteiger partial charge in [-0.3, -0.25) is 9.88 Å². The van der Waals surface area contributed by atoms with Crippen LogP contribution in [0.1, 0.15) is 12.0 Å². The van der Waals surface area contributed by atoms with E-state index in [2.05, 4.69) is 37.8 Å². The van der Waals surface area contributed by atoms with Crippen LogP contribution in [0.3, 0.4) is 0 Å². The van der Waals surface area contributed by atoms with Gasteiger partial charge in [0.05, 0.1) is 5.02 Å². The number of nitrogens with zero attached hydrogens (tertiary/aromatic N) is 4. The van der Waals surface area contributed by atoms with Gasteiger partial charge in [-0.05, 0) is 47.7 Å². The maximum Gasteiger partial charge on any atom is 0.285 e. The normalized spacial score (nSPS) is 17.3. The molecule has 2 aromatic carbocycles. The van der Waals surface area contributed by atoms with Crippen molar-refractivity contribution >= 4 is 44.4 Å². The van der Waals surface area contributed by atoms with Crippen LogP contribution in [0.25, 0.3) is 10.8 Å². The molecule has 0 saturated carbocycles. The van der Waals surface area contributed by atoms with Crippen molar-refractivity contribution in [3.63, 3.8) is 0 Å². The van der Waals surface area contributed by atoms with Gasteiger partial charge in [-0.25, -0.2) is 0 Å². The molecule has 1 saturated heterocycles. The van der Waals surface area contributed by atoms with E-state index >= 15 is 0 Å². The Labute approximate surface area is 193 Å². The van der Waals surface area contributed by atoms with E-state index in [9.17, 15) is 8.42 Å². The summed E-state index contributed by atoms with van der Waals surface area (Å²) in [6, 6.07) is 13.8. The Morgan fingerprint density at radius 1 is 1.22 bits per heavy atom. The number of likely N-dealkylation sites (tertiary alicyclic amines) is 1. The van der Waals surface area contributed by atoms with Crippen molar-refractivity contribution in [2.45, 2.75) is 23.9 Å². The summed E-state index contributed by atoms with van der Waals surface area (Å²) < 4.78 is 28.8. The van der Waals surface area contributed by atoms with Crippen LogP contribution in [0.2, 0.25) is 5.02 Å². The number of hydrogen-bond donors (Lipinski definition) is 1.